The smallest absolute Gasteiger partial charge is 0.405 e. The van der Waals surface area contributed by atoms with Crippen LogP contribution in [0.1, 0.15) is 13.8 Å². The van der Waals surface area contributed by atoms with Crippen molar-refractivity contribution in [3.05, 3.63) is 0 Å². The Labute approximate surface area is 140 Å². The number of rotatable bonds is 8. The first-order valence-electron chi connectivity index (χ1n) is 6.54. The topological polar surface area (TPSA) is 195 Å². The number of hydrogen-bond donors (Lipinski definition) is 4. The van der Waals surface area contributed by atoms with Gasteiger partial charge in [0.15, 0.2) is 12.1 Å². The number of ether oxygens (including phenoxy) is 3. The Bertz CT molecular complexity index is 511. The van der Waals surface area contributed by atoms with E-state index in [9.17, 15) is 28.8 Å². The Kier molecular flexibility index (Phi) is 9.00. The van der Waals surface area contributed by atoms with E-state index in [1.807, 2.05) is 0 Å². The van der Waals surface area contributed by atoms with Crippen molar-refractivity contribution in [3.8, 4) is 0 Å². The number of carbonyl (C=O) groups is 6. The number of carboxylic acid groups (broad SMARTS) is 2. The van der Waals surface area contributed by atoms with E-state index in [0.29, 0.717) is 0 Å². The molecule has 0 saturated carbocycles. The summed E-state index contributed by atoms with van der Waals surface area (Å²) in [6.45, 7) is 0.490. The highest BCUT2D eigenvalue weighted by molar-refractivity contribution is 5.93. The van der Waals surface area contributed by atoms with E-state index in [1.165, 1.54) is 0 Å². The fourth-order valence-corrected chi connectivity index (χ4v) is 1.28. The van der Waals surface area contributed by atoms with E-state index in [-0.39, 0.29) is 0 Å². The normalized spacial score (nSPS) is 12.1. The first-order valence-corrected chi connectivity index (χ1v) is 6.54. The zero-order valence-electron chi connectivity index (χ0n) is 13.1. The molecule has 2 atom stereocenters. The van der Waals surface area contributed by atoms with Crippen LogP contribution in [-0.2, 0) is 33.4 Å². The number of amides is 2. The number of hydrogen-bond acceptors (Lipinski definition) is 9. The summed E-state index contributed by atoms with van der Waals surface area (Å²) in [4.78, 5) is 66.2. The van der Waals surface area contributed by atoms with Crippen molar-refractivity contribution >= 4 is 36.1 Å². The minimum absolute atomic E-state index is 0.755. The molecule has 2 amide bonds. The molecule has 13 nitrogen and oxygen atoms in total. The third-order valence-corrected chi connectivity index (χ3v) is 2.27. The van der Waals surface area contributed by atoms with E-state index >= 15 is 0 Å². The molecule has 0 aliphatic heterocycles. The molecule has 0 aromatic carbocycles. The Morgan fingerprint density at radius 3 is 1.32 bits per heavy atom. The van der Waals surface area contributed by atoms with Crippen molar-refractivity contribution in [2.45, 2.75) is 25.9 Å². The Morgan fingerprint density at radius 1 is 0.760 bits per heavy atom. The highest BCUT2D eigenvalue weighted by Gasteiger charge is 2.31. The average molecular weight is 364 g/mol. The zero-order valence-corrected chi connectivity index (χ0v) is 13.1. The summed E-state index contributed by atoms with van der Waals surface area (Å²) in [6, 6.07) is -3.46. The molecule has 0 saturated heterocycles. The summed E-state index contributed by atoms with van der Waals surface area (Å²) in [5.74, 6) is -4.55. The van der Waals surface area contributed by atoms with Gasteiger partial charge in [0.1, 0.15) is 13.2 Å². The number of nitrogens with one attached hydrogen (secondary N) is 2. The van der Waals surface area contributed by atoms with Gasteiger partial charge >= 0.3 is 36.1 Å². The molecular weight excluding hydrogens is 348 g/mol. The Balaban J connectivity index is 4.96. The van der Waals surface area contributed by atoms with Gasteiger partial charge in [-0.2, -0.15) is 0 Å². The molecule has 0 aromatic rings. The lowest BCUT2D eigenvalue weighted by Crippen LogP contribution is -2.49. The van der Waals surface area contributed by atoms with Crippen molar-refractivity contribution in [2.75, 3.05) is 13.2 Å². The third-order valence-electron chi connectivity index (χ3n) is 2.27. The Hall–Kier alpha value is -3.38. The van der Waals surface area contributed by atoms with Crippen LogP contribution >= 0.6 is 0 Å². The van der Waals surface area contributed by atoms with Gasteiger partial charge in [0, 0.05) is 13.8 Å². The van der Waals surface area contributed by atoms with Crippen molar-refractivity contribution in [1.29, 1.82) is 0 Å². The van der Waals surface area contributed by atoms with Crippen molar-refractivity contribution in [1.82, 2.24) is 10.6 Å². The second-order valence-electron chi connectivity index (χ2n) is 4.35. The molecule has 140 valence electrons. The van der Waals surface area contributed by atoms with Gasteiger partial charge in [-0.05, 0) is 0 Å². The summed E-state index contributed by atoms with van der Waals surface area (Å²) >= 11 is 0. The van der Waals surface area contributed by atoms with Gasteiger partial charge in [-0.3, -0.25) is 9.59 Å². The maximum atomic E-state index is 11.8. The quantitative estimate of drug-likeness (QED) is 0.221. The number of carbonyl (C=O) groups excluding carboxylic acids is 4. The minimum atomic E-state index is -1.73. The van der Waals surface area contributed by atoms with E-state index < -0.39 is 61.4 Å². The highest BCUT2D eigenvalue weighted by atomic mass is 16.6. The summed E-state index contributed by atoms with van der Waals surface area (Å²) in [6.07, 6.45) is -3.33. The molecule has 0 aliphatic rings. The van der Waals surface area contributed by atoms with E-state index in [0.717, 1.165) is 13.8 Å². The van der Waals surface area contributed by atoms with Crippen LogP contribution in [0.2, 0.25) is 0 Å². The van der Waals surface area contributed by atoms with E-state index in [1.54, 1.807) is 10.6 Å². The van der Waals surface area contributed by atoms with Gasteiger partial charge in [0.25, 0.3) is 0 Å². The van der Waals surface area contributed by atoms with Crippen molar-refractivity contribution in [3.63, 3.8) is 0 Å². The van der Waals surface area contributed by atoms with E-state index in [2.05, 4.69) is 14.2 Å². The van der Waals surface area contributed by atoms with Crippen molar-refractivity contribution in [2.24, 2.45) is 0 Å². The average Bonchev–Trinajstić information content (AvgIpc) is 2.46. The minimum Gasteiger partial charge on any atom is -0.465 e. The van der Waals surface area contributed by atoms with Gasteiger partial charge in [0.2, 0.25) is 0 Å². The van der Waals surface area contributed by atoms with Crippen molar-refractivity contribution < 1.29 is 53.2 Å². The standard InChI is InChI=1S/C12H16N2O11/c1-5(15)23-3-7(13-11(19)20)9(17)25-10(18)8(14-12(21)22)4-24-6(2)16/h7-8,13-14H,3-4H2,1-2H3,(H,19,20)(H,21,22)/t7-,8-/m0/s1. The van der Waals surface area contributed by atoms with Gasteiger partial charge in [-0.1, -0.05) is 0 Å². The summed E-state index contributed by atoms with van der Waals surface area (Å²) < 4.78 is 13.2. The molecule has 0 aromatic heterocycles. The monoisotopic (exact) mass is 364 g/mol. The van der Waals surface area contributed by atoms with E-state index in [4.69, 9.17) is 10.2 Å². The maximum Gasteiger partial charge on any atom is 0.405 e. The summed E-state index contributed by atoms with van der Waals surface area (Å²) in [5.41, 5.74) is 0. The molecule has 0 spiro atoms. The molecule has 0 unspecified atom stereocenters. The molecule has 0 aliphatic carbocycles. The second-order valence-corrected chi connectivity index (χ2v) is 4.35. The molecule has 4 N–H and O–H groups in total. The van der Waals surface area contributed by atoms with Gasteiger partial charge < -0.3 is 35.1 Å². The molecular formula is C12H16N2O11. The van der Waals surface area contributed by atoms with Crippen LogP contribution in [0.4, 0.5) is 9.59 Å². The van der Waals surface area contributed by atoms with Crippen LogP contribution in [0.3, 0.4) is 0 Å². The second kappa shape index (κ2) is 10.4. The fourth-order valence-electron chi connectivity index (χ4n) is 1.28. The lowest BCUT2D eigenvalue weighted by Gasteiger charge is -2.18. The molecule has 0 rings (SSSR count). The summed E-state index contributed by atoms with van der Waals surface area (Å²) in [7, 11) is 0. The molecule has 0 fully saturated rings. The van der Waals surface area contributed by atoms with Gasteiger partial charge in [-0.25, -0.2) is 19.2 Å². The fraction of sp³-hybridized carbons (Fsp3) is 0.500. The Morgan fingerprint density at radius 2 is 1.08 bits per heavy atom. The predicted molar refractivity (Wildman–Crippen MR) is 74.3 cm³/mol. The SMILES string of the molecule is CC(=O)OC[C@H](NC(=O)O)C(=O)OC(=O)[C@H](COC(C)=O)NC(=O)O. The van der Waals surface area contributed by atoms with Crippen LogP contribution in [0.5, 0.6) is 0 Å². The van der Waals surface area contributed by atoms with Crippen LogP contribution in [0, 0.1) is 0 Å². The molecule has 13 heteroatoms. The molecule has 0 heterocycles. The van der Waals surface area contributed by atoms with Crippen LogP contribution in [0.15, 0.2) is 0 Å². The summed E-state index contributed by atoms with van der Waals surface area (Å²) in [5, 5.41) is 20.5. The lowest BCUT2D eigenvalue weighted by molar-refractivity contribution is -0.165. The lowest BCUT2D eigenvalue weighted by atomic mass is 10.3. The molecule has 25 heavy (non-hydrogen) atoms. The maximum absolute atomic E-state index is 11.8. The van der Waals surface area contributed by atoms with Crippen LogP contribution in [0.25, 0.3) is 0 Å². The zero-order chi connectivity index (χ0) is 19.6. The molecule has 0 bridgehead atoms. The predicted octanol–water partition coefficient (Wildman–Crippen LogP) is -1.55. The van der Waals surface area contributed by atoms with Crippen LogP contribution in [-0.4, -0.2) is 71.6 Å². The third kappa shape index (κ3) is 10.1. The highest BCUT2D eigenvalue weighted by Crippen LogP contribution is 1.98. The largest absolute Gasteiger partial charge is 0.465 e. The first kappa shape index (κ1) is 21.6. The van der Waals surface area contributed by atoms with Gasteiger partial charge in [0.05, 0.1) is 0 Å². The van der Waals surface area contributed by atoms with Gasteiger partial charge in [-0.15, -0.1) is 0 Å². The van der Waals surface area contributed by atoms with Crippen LogP contribution < -0.4 is 10.6 Å². The number of esters is 4. The molecule has 0 radical (unpaired) electrons. The first-order chi connectivity index (χ1) is 11.5.